The van der Waals surface area contributed by atoms with E-state index in [2.05, 4.69) is 113 Å². The summed E-state index contributed by atoms with van der Waals surface area (Å²) in [5.41, 5.74) is 13.4. The summed E-state index contributed by atoms with van der Waals surface area (Å²) in [6, 6.07) is 39.5. The zero-order valence-corrected chi connectivity index (χ0v) is 24.4. The first-order chi connectivity index (χ1) is 21.5. The summed E-state index contributed by atoms with van der Waals surface area (Å²) >= 11 is 0. The van der Waals surface area contributed by atoms with Crippen molar-refractivity contribution in [2.45, 2.75) is 19.3 Å². The van der Waals surface area contributed by atoms with E-state index >= 15 is 0 Å². The Morgan fingerprint density at radius 1 is 0.523 bits per heavy atom. The molecule has 0 bridgehead atoms. The fraction of sp³-hybridized carbons (Fsp3) is 0.0789. The van der Waals surface area contributed by atoms with Crippen molar-refractivity contribution in [3.8, 4) is 62.0 Å². The third-order valence-electron chi connectivity index (χ3n) is 8.52. The largest absolute Gasteiger partial charge is 0.255 e. The highest BCUT2D eigenvalue weighted by molar-refractivity contribution is 5.83. The first kappa shape index (κ1) is 25.9. The predicted molar refractivity (Wildman–Crippen MR) is 174 cm³/mol. The van der Waals surface area contributed by atoms with Gasteiger partial charge >= 0.3 is 0 Å². The van der Waals surface area contributed by atoms with Crippen LogP contribution in [-0.2, 0) is 5.41 Å². The van der Waals surface area contributed by atoms with E-state index in [-0.39, 0.29) is 5.41 Å². The number of hydrogen-bond acceptors (Lipinski definition) is 5. The normalized spacial score (nSPS) is 13.0. The van der Waals surface area contributed by atoms with Gasteiger partial charge < -0.3 is 0 Å². The van der Waals surface area contributed by atoms with Crippen molar-refractivity contribution >= 4 is 0 Å². The zero-order valence-electron chi connectivity index (χ0n) is 24.4. The molecule has 6 heteroatoms. The molecule has 0 fully saturated rings. The molecular weight excluding hydrogens is 540 g/mol. The molecule has 0 N–H and O–H groups in total. The molecule has 6 nitrogen and oxygen atoms in total. The van der Waals surface area contributed by atoms with Gasteiger partial charge in [0.15, 0.2) is 0 Å². The van der Waals surface area contributed by atoms with E-state index in [1.165, 1.54) is 22.3 Å². The Bertz CT molecular complexity index is 2070. The van der Waals surface area contributed by atoms with E-state index in [1.54, 1.807) is 12.4 Å². The van der Waals surface area contributed by atoms with Crippen molar-refractivity contribution in [3.05, 3.63) is 145 Å². The van der Waals surface area contributed by atoms with E-state index in [1.807, 2.05) is 47.3 Å². The predicted octanol–water partition coefficient (Wildman–Crippen LogP) is 8.43. The lowest BCUT2D eigenvalue weighted by atomic mass is 9.82. The molecule has 0 atom stereocenters. The van der Waals surface area contributed by atoms with Crippen LogP contribution in [0.2, 0.25) is 0 Å². The summed E-state index contributed by atoms with van der Waals surface area (Å²) < 4.78 is 1.83. The SMILES string of the molecule is CC1(C)c2ccccc2-c2ccc(-c3cn(-c4ccc(-c5cc(-c6ccccn6)nc(-c6ccccn6)c5)cc4)nn3)cc21. The highest BCUT2D eigenvalue weighted by Crippen LogP contribution is 2.49. The Hall–Kier alpha value is -5.75. The number of rotatable bonds is 5. The summed E-state index contributed by atoms with van der Waals surface area (Å²) in [4.78, 5) is 14.0. The fourth-order valence-electron chi connectivity index (χ4n) is 6.18. The second-order valence-corrected chi connectivity index (χ2v) is 11.6. The van der Waals surface area contributed by atoms with E-state index in [4.69, 9.17) is 4.98 Å². The Balaban J connectivity index is 1.11. The number of pyridine rings is 3. The second-order valence-electron chi connectivity index (χ2n) is 11.6. The third kappa shape index (κ3) is 4.39. The van der Waals surface area contributed by atoms with Crippen molar-refractivity contribution in [1.29, 1.82) is 0 Å². The molecule has 1 aliphatic rings. The molecule has 8 rings (SSSR count). The highest BCUT2D eigenvalue weighted by atomic mass is 15.4. The lowest BCUT2D eigenvalue weighted by Gasteiger charge is -2.21. The summed E-state index contributed by atoms with van der Waals surface area (Å²) in [7, 11) is 0. The minimum absolute atomic E-state index is 0.0619. The topological polar surface area (TPSA) is 69.4 Å². The molecule has 7 aromatic rings. The molecule has 0 amide bonds. The van der Waals surface area contributed by atoms with Gasteiger partial charge in [0.25, 0.3) is 0 Å². The molecule has 3 aromatic carbocycles. The standard InChI is InChI=1S/C38H28N6/c1-38(2)31-10-4-3-9-29(31)30-18-15-26(21-32(30)38)37-24-44(43-42-37)28-16-13-25(14-17-28)27-22-35(33-11-5-7-19-39-33)41-36(23-27)34-12-6-8-20-40-34/h3-24H,1-2H3. The van der Waals surface area contributed by atoms with Crippen molar-refractivity contribution in [2.75, 3.05) is 0 Å². The zero-order chi connectivity index (χ0) is 29.7. The van der Waals surface area contributed by atoms with Crippen LogP contribution in [0.3, 0.4) is 0 Å². The van der Waals surface area contributed by atoms with E-state index in [0.29, 0.717) is 0 Å². The maximum Gasteiger partial charge on any atom is 0.113 e. The van der Waals surface area contributed by atoms with Gasteiger partial charge in [0.05, 0.1) is 34.7 Å². The van der Waals surface area contributed by atoms with Gasteiger partial charge in [-0.2, -0.15) is 0 Å². The smallest absolute Gasteiger partial charge is 0.113 e. The van der Waals surface area contributed by atoms with E-state index in [0.717, 1.165) is 50.8 Å². The van der Waals surface area contributed by atoms with Crippen LogP contribution in [-0.4, -0.2) is 29.9 Å². The summed E-state index contributed by atoms with van der Waals surface area (Å²) in [5, 5.41) is 9.03. The molecular formula is C38H28N6. The van der Waals surface area contributed by atoms with Crippen LogP contribution in [0.5, 0.6) is 0 Å². The Morgan fingerprint density at radius 2 is 1.16 bits per heavy atom. The summed E-state index contributed by atoms with van der Waals surface area (Å²) in [6.07, 6.45) is 5.57. The van der Waals surface area contributed by atoms with Gasteiger partial charge in [-0.05, 0) is 88.0 Å². The van der Waals surface area contributed by atoms with Gasteiger partial charge in [0.1, 0.15) is 5.69 Å². The van der Waals surface area contributed by atoms with Gasteiger partial charge in [-0.15, -0.1) is 5.10 Å². The average Bonchev–Trinajstić information content (AvgIpc) is 3.67. The summed E-state index contributed by atoms with van der Waals surface area (Å²) in [6.45, 7) is 4.59. The molecule has 4 aromatic heterocycles. The molecule has 44 heavy (non-hydrogen) atoms. The molecule has 0 saturated heterocycles. The lowest BCUT2D eigenvalue weighted by Crippen LogP contribution is -2.14. The minimum atomic E-state index is -0.0619. The molecule has 210 valence electrons. The molecule has 0 radical (unpaired) electrons. The number of hydrogen-bond donors (Lipinski definition) is 0. The third-order valence-corrected chi connectivity index (χ3v) is 8.52. The molecule has 1 aliphatic carbocycles. The van der Waals surface area contributed by atoms with Crippen molar-refractivity contribution in [2.24, 2.45) is 0 Å². The van der Waals surface area contributed by atoms with Crippen LogP contribution in [0.4, 0.5) is 0 Å². The second kappa shape index (κ2) is 10.2. The van der Waals surface area contributed by atoms with Crippen LogP contribution >= 0.6 is 0 Å². The minimum Gasteiger partial charge on any atom is -0.255 e. The van der Waals surface area contributed by atoms with Crippen molar-refractivity contribution < 1.29 is 0 Å². The van der Waals surface area contributed by atoms with Gasteiger partial charge in [-0.25, -0.2) is 9.67 Å². The van der Waals surface area contributed by atoms with Gasteiger partial charge in [0.2, 0.25) is 0 Å². The highest BCUT2D eigenvalue weighted by Gasteiger charge is 2.35. The van der Waals surface area contributed by atoms with E-state index < -0.39 is 0 Å². The first-order valence-corrected chi connectivity index (χ1v) is 14.7. The fourth-order valence-corrected chi connectivity index (χ4v) is 6.18. The maximum atomic E-state index is 4.89. The molecule has 0 unspecified atom stereocenters. The Morgan fingerprint density at radius 3 is 1.84 bits per heavy atom. The van der Waals surface area contributed by atoms with Gasteiger partial charge in [0, 0.05) is 23.4 Å². The number of fused-ring (bicyclic) bond motifs is 3. The average molecular weight is 569 g/mol. The van der Waals surface area contributed by atoms with Crippen LogP contribution in [0.15, 0.2) is 134 Å². The van der Waals surface area contributed by atoms with Crippen LogP contribution < -0.4 is 0 Å². The molecule has 0 spiro atoms. The van der Waals surface area contributed by atoms with Crippen molar-refractivity contribution in [1.82, 2.24) is 29.9 Å². The lowest BCUT2D eigenvalue weighted by molar-refractivity contribution is 0.660. The van der Waals surface area contributed by atoms with Gasteiger partial charge in [-0.3, -0.25) is 9.97 Å². The van der Waals surface area contributed by atoms with Crippen LogP contribution in [0, 0.1) is 0 Å². The van der Waals surface area contributed by atoms with Crippen molar-refractivity contribution in [3.63, 3.8) is 0 Å². The van der Waals surface area contributed by atoms with Crippen LogP contribution in [0.1, 0.15) is 25.0 Å². The Labute approximate surface area is 255 Å². The first-order valence-electron chi connectivity index (χ1n) is 14.7. The number of aromatic nitrogens is 6. The monoisotopic (exact) mass is 568 g/mol. The summed E-state index contributed by atoms with van der Waals surface area (Å²) in [5.74, 6) is 0. The number of nitrogens with zero attached hydrogens (tertiary/aromatic N) is 6. The molecule has 4 heterocycles. The van der Waals surface area contributed by atoms with E-state index in [9.17, 15) is 0 Å². The molecule has 0 aliphatic heterocycles. The van der Waals surface area contributed by atoms with Gasteiger partial charge in [-0.1, -0.05) is 79.7 Å². The maximum absolute atomic E-state index is 4.89. The number of benzene rings is 3. The van der Waals surface area contributed by atoms with Crippen LogP contribution in [0.25, 0.3) is 62.0 Å². The quantitative estimate of drug-likeness (QED) is 0.208. The Kier molecular flexibility index (Phi) is 6.01. The molecule has 0 saturated carbocycles.